The minimum Gasteiger partial charge on any atom is -0.485 e. The van der Waals surface area contributed by atoms with Gasteiger partial charge in [-0.1, -0.05) is 12.1 Å². The lowest BCUT2D eigenvalue weighted by molar-refractivity contribution is 0.300. The first-order valence-corrected chi connectivity index (χ1v) is 6.97. The van der Waals surface area contributed by atoms with Crippen LogP contribution in [-0.4, -0.2) is 11.5 Å². The molecule has 5 heteroatoms. The van der Waals surface area contributed by atoms with Crippen LogP contribution in [0, 0.1) is 0 Å². The van der Waals surface area contributed by atoms with Crippen LogP contribution in [0.5, 0.6) is 5.75 Å². The molecule has 1 heterocycles. The van der Waals surface area contributed by atoms with Crippen LogP contribution in [0.4, 0.5) is 0 Å². The largest absolute Gasteiger partial charge is 0.485 e. The molecule has 0 aliphatic carbocycles. The molecule has 0 aliphatic rings. The predicted molar refractivity (Wildman–Crippen MR) is 73.3 cm³/mol. The fourth-order valence-corrected chi connectivity index (χ4v) is 2.57. The first-order chi connectivity index (χ1) is 8.31. The fourth-order valence-electron chi connectivity index (χ4n) is 1.53. The quantitative estimate of drug-likeness (QED) is 0.923. The van der Waals surface area contributed by atoms with Gasteiger partial charge in [0.1, 0.15) is 17.4 Å². The number of thiazole rings is 1. The second-order valence-electron chi connectivity index (χ2n) is 3.48. The highest BCUT2D eigenvalue weighted by molar-refractivity contribution is 9.10. The number of halogens is 1. The van der Waals surface area contributed by atoms with Crippen molar-refractivity contribution in [3.8, 4) is 5.75 Å². The monoisotopic (exact) mass is 312 g/mol. The second-order valence-corrected chi connectivity index (χ2v) is 5.31. The molecule has 1 aromatic heterocycles. The van der Waals surface area contributed by atoms with Gasteiger partial charge in [0.2, 0.25) is 0 Å². The van der Waals surface area contributed by atoms with E-state index in [0.29, 0.717) is 13.2 Å². The van der Waals surface area contributed by atoms with Gasteiger partial charge in [0.25, 0.3) is 0 Å². The summed E-state index contributed by atoms with van der Waals surface area (Å²) in [5.41, 5.74) is 6.71. The number of rotatable bonds is 5. The lowest BCUT2D eigenvalue weighted by Crippen LogP contribution is -2.05. The van der Waals surface area contributed by atoms with Gasteiger partial charge < -0.3 is 10.5 Å². The number of nitrogens with zero attached hydrogens (tertiary/aromatic N) is 1. The summed E-state index contributed by atoms with van der Waals surface area (Å²) in [5.74, 6) is 0.869. The average molecular weight is 313 g/mol. The van der Waals surface area contributed by atoms with Gasteiger partial charge in [-0.2, -0.15) is 0 Å². The van der Waals surface area contributed by atoms with Crippen LogP contribution in [0.2, 0.25) is 0 Å². The van der Waals surface area contributed by atoms with Gasteiger partial charge in [-0.3, -0.25) is 0 Å². The van der Waals surface area contributed by atoms with Gasteiger partial charge in [-0.05, 0) is 40.5 Å². The molecule has 17 heavy (non-hydrogen) atoms. The van der Waals surface area contributed by atoms with Crippen molar-refractivity contribution in [2.75, 3.05) is 6.54 Å². The van der Waals surface area contributed by atoms with Gasteiger partial charge >= 0.3 is 0 Å². The molecule has 2 N–H and O–H groups in total. The molecule has 0 unspecified atom stereocenters. The van der Waals surface area contributed by atoms with E-state index < -0.39 is 0 Å². The Morgan fingerprint density at radius 2 is 2.29 bits per heavy atom. The van der Waals surface area contributed by atoms with Gasteiger partial charge in [0.05, 0.1) is 4.47 Å². The van der Waals surface area contributed by atoms with Crippen LogP contribution >= 0.6 is 27.3 Å². The summed E-state index contributed by atoms with van der Waals surface area (Å²) >= 11 is 5.09. The van der Waals surface area contributed by atoms with E-state index in [1.54, 1.807) is 17.5 Å². The van der Waals surface area contributed by atoms with E-state index in [1.165, 1.54) is 0 Å². The highest BCUT2D eigenvalue weighted by atomic mass is 79.9. The zero-order valence-corrected chi connectivity index (χ0v) is 11.6. The Morgan fingerprint density at radius 1 is 1.41 bits per heavy atom. The number of hydrogen-bond donors (Lipinski definition) is 1. The molecule has 0 amide bonds. The second kappa shape index (κ2) is 6.14. The van der Waals surface area contributed by atoms with Crippen LogP contribution in [0.15, 0.2) is 34.2 Å². The summed E-state index contributed by atoms with van der Waals surface area (Å²) in [7, 11) is 0. The SMILES string of the molecule is NCCc1cccc(Br)c1OCc1nccs1. The summed E-state index contributed by atoms with van der Waals surface area (Å²) in [6.07, 6.45) is 2.59. The van der Waals surface area contributed by atoms with Crippen LogP contribution < -0.4 is 10.5 Å². The molecule has 0 saturated heterocycles. The van der Waals surface area contributed by atoms with Gasteiger partial charge in [0.15, 0.2) is 0 Å². The third-order valence-electron chi connectivity index (χ3n) is 2.29. The molecule has 90 valence electrons. The summed E-state index contributed by atoms with van der Waals surface area (Å²) in [6.45, 7) is 1.11. The van der Waals surface area contributed by atoms with Crippen LogP contribution in [0.1, 0.15) is 10.6 Å². The summed E-state index contributed by atoms with van der Waals surface area (Å²) in [4.78, 5) is 4.19. The van der Waals surface area contributed by atoms with Crippen molar-refractivity contribution in [1.82, 2.24) is 4.98 Å². The van der Waals surface area contributed by atoms with Crippen molar-refractivity contribution >= 4 is 27.3 Å². The Morgan fingerprint density at radius 3 is 3.00 bits per heavy atom. The summed E-state index contributed by atoms with van der Waals surface area (Å²) in [5, 5.41) is 2.92. The van der Waals surface area contributed by atoms with Crippen molar-refractivity contribution in [3.05, 3.63) is 44.8 Å². The van der Waals surface area contributed by atoms with Gasteiger partial charge in [-0.15, -0.1) is 11.3 Å². The van der Waals surface area contributed by atoms with E-state index in [0.717, 1.165) is 27.2 Å². The molecular weight excluding hydrogens is 300 g/mol. The number of aromatic nitrogens is 1. The maximum absolute atomic E-state index is 5.81. The van der Waals surface area contributed by atoms with Gasteiger partial charge in [-0.25, -0.2) is 4.98 Å². The maximum Gasteiger partial charge on any atom is 0.140 e. The predicted octanol–water partition coefficient (Wildman–Crippen LogP) is 2.99. The molecule has 0 saturated carbocycles. The molecular formula is C12H13BrN2OS. The molecule has 0 atom stereocenters. The van der Waals surface area contributed by atoms with E-state index in [2.05, 4.69) is 20.9 Å². The molecule has 0 bridgehead atoms. The van der Waals surface area contributed by atoms with Crippen molar-refractivity contribution in [2.24, 2.45) is 5.73 Å². The fraction of sp³-hybridized carbons (Fsp3) is 0.250. The molecule has 2 rings (SSSR count). The Balaban J connectivity index is 2.13. The number of ether oxygens (including phenoxy) is 1. The number of para-hydroxylation sites is 1. The van der Waals surface area contributed by atoms with Crippen molar-refractivity contribution in [2.45, 2.75) is 13.0 Å². The zero-order chi connectivity index (χ0) is 12.1. The van der Waals surface area contributed by atoms with Crippen LogP contribution in [-0.2, 0) is 13.0 Å². The van der Waals surface area contributed by atoms with Crippen molar-refractivity contribution in [3.63, 3.8) is 0 Å². The highest BCUT2D eigenvalue weighted by Crippen LogP contribution is 2.30. The Labute approximate surface area is 113 Å². The third-order valence-corrected chi connectivity index (χ3v) is 3.66. The third kappa shape index (κ3) is 3.28. The number of nitrogens with two attached hydrogens (primary N) is 1. The molecule has 3 nitrogen and oxygen atoms in total. The number of benzene rings is 1. The number of hydrogen-bond acceptors (Lipinski definition) is 4. The topological polar surface area (TPSA) is 48.1 Å². The van der Waals surface area contributed by atoms with Crippen LogP contribution in [0.3, 0.4) is 0 Å². The minimum absolute atomic E-state index is 0.498. The lowest BCUT2D eigenvalue weighted by atomic mass is 10.1. The van der Waals surface area contributed by atoms with E-state index in [4.69, 9.17) is 10.5 Å². The first kappa shape index (κ1) is 12.5. The maximum atomic E-state index is 5.81. The molecule has 0 radical (unpaired) electrons. The smallest absolute Gasteiger partial charge is 0.140 e. The average Bonchev–Trinajstić information content (AvgIpc) is 2.82. The molecule has 2 aromatic rings. The first-order valence-electron chi connectivity index (χ1n) is 5.30. The Bertz CT molecular complexity index is 473. The highest BCUT2D eigenvalue weighted by Gasteiger charge is 2.08. The van der Waals surface area contributed by atoms with Crippen molar-refractivity contribution < 1.29 is 4.74 Å². The normalized spacial score (nSPS) is 10.5. The Kier molecular flexibility index (Phi) is 4.53. The Hall–Kier alpha value is -0.910. The van der Waals surface area contributed by atoms with Gasteiger partial charge in [0, 0.05) is 11.6 Å². The molecule has 0 spiro atoms. The molecule has 0 fully saturated rings. The standard InChI is InChI=1S/C12H13BrN2OS/c13-10-3-1-2-9(4-5-14)12(10)16-8-11-15-6-7-17-11/h1-3,6-7H,4-5,8,14H2. The van der Waals surface area contributed by atoms with Crippen LogP contribution in [0.25, 0.3) is 0 Å². The molecule has 1 aromatic carbocycles. The van der Waals surface area contributed by atoms with E-state index in [-0.39, 0.29) is 0 Å². The minimum atomic E-state index is 0.498. The lowest BCUT2D eigenvalue weighted by Gasteiger charge is -2.11. The van der Waals surface area contributed by atoms with E-state index >= 15 is 0 Å². The van der Waals surface area contributed by atoms with E-state index in [1.807, 2.05) is 23.6 Å². The summed E-state index contributed by atoms with van der Waals surface area (Å²) < 4.78 is 6.77. The molecule has 0 aliphatic heterocycles. The summed E-state index contributed by atoms with van der Waals surface area (Å²) in [6, 6.07) is 6.00. The van der Waals surface area contributed by atoms with E-state index in [9.17, 15) is 0 Å². The van der Waals surface area contributed by atoms with Crippen molar-refractivity contribution in [1.29, 1.82) is 0 Å². The zero-order valence-electron chi connectivity index (χ0n) is 9.23.